The summed E-state index contributed by atoms with van der Waals surface area (Å²) in [5.41, 5.74) is 2.56. The Morgan fingerprint density at radius 3 is 3.30 bits per heavy atom. The van der Waals surface area contributed by atoms with Gasteiger partial charge >= 0.3 is 0 Å². The first-order chi connectivity index (χ1) is 4.88. The van der Waals surface area contributed by atoms with E-state index in [0.717, 1.165) is 5.82 Å². The van der Waals surface area contributed by atoms with Gasteiger partial charge in [0.2, 0.25) is 0 Å². The lowest BCUT2D eigenvalue weighted by molar-refractivity contribution is 1.35. The third-order valence-electron chi connectivity index (χ3n) is 1.52. The van der Waals surface area contributed by atoms with Gasteiger partial charge in [0.1, 0.15) is 5.82 Å². The highest BCUT2D eigenvalue weighted by Gasteiger charge is 2.04. The second-order valence-electron chi connectivity index (χ2n) is 2.21. The molecule has 0 bridgehead atoms. The number of hydrogen-bond donors (Lipinski definition) is 1. The summed E-state index contributed by atoms with van der Waals surface area (Å²) < 4.78 is 6.56. The number of H-pyrrole nitrogens is 1. The van der Waals surface area contributed by atoms with E-state index in [9.17, 15) is 0 Å². The minimum atomic E-state index is -0.0477. The van der Waals surface area contributed by atoms with Crippen molar-refractivity contribution in [3.8, 4) is 0 Å². The topological polar surface area (TPSA) is 28.1 Å². The number of halogens is 1. The molecular formula is C7H7IN2. The van der Waals surface area contributed by atoms with Gasteiger partial charge in [0.05, 0.1) is 0 Å². The molecule has 0 radical (unpaired) electrons. The van der Waals surface area contributed by atoms with Gasteiger partial charge < -0.3 is 4.98 Å². The van der Waals surface area contributed by atoms with Gasteiger partial charge in [-0.25, -0.2) is 3.15 Å². The number of rotatable bonds is 0. The summed E-state index contributed by atoms with van der Waals surface area (Å²) in [7, 11) is 0. The quantitative estimate of drug-likeness (QED) is 0.681. The maximum atomic E-state index is 4.38. The number of aryl methyl sites for hydroxylation is 1. The highest BCUT2D eigenvalue weighted by atomic mass is 127. The van der Waals surface area contributed by atoms with Crippen LogP contribution >= 0.6 is 21.0 Å². The van der Waals surface area contributed by atoms with Crippen molar-refractivity contribution < 1.29 is 0 Å². The Bertz CT molecular complexity index is 309. The van der Waals surface area contributed by atoms with Gasteiger partial charge in [-0.3, -0.25) is 0 Å². The van der Waals surface area contributed by atoms with Crippen molar-refractivity contribution in [2.45, 2.75) is 6.92 Å². The third kappa shape index (κ3) is 0.847. The van der Waals surface area contributed by atoms with Gasteiger partial charge in [-0.15, -0.1) is 0 Å². The van der Waals surface area contributed by atoms with E-state index in [2.05, 4.69) is 25.2 Å². The van der Waals surface area contributed by atoms with E-state index in [1.54, 1.807) is 0 Å². The van der Waals surface area contributed by atoms with Crippen molar-refractivity contribution in [3.05, 3.63) is 21.4 Å². The zero-order valence-corrected chi connectivity index (χ0v) is 7.71. The average Bonchev–Trinajstić information content (AvgIpc) is 2.34. The maximum absolute atomic E-state index is 4.38. The summed E-state index contributed by atoms with van der Waals surface area (Å²) in [6.45, 7) is 2.10. The van der Waals surface area contributed by atoms with Crippen molar-refractivity contribution in [1.29, 1.82) is 0 Å². The normalized spacial score (nSPS) is 14.5. The summed E-state index contributed by atoms with van der Waals surface area (Å²) in [6, 6.07) is 0. The summed E-state index contributed by atoms with van der Waals surface area (Å²) >= 11 is -0.0477. The molecule has 1 aromatic heterocycles. The Kier molecular flexibility index (Phi) is 1.44. The third-order valence-corrected chi connectivity index (χ3v) is 2.97. The fraction of sp³-hybridized carbons (Fsp3) is 0.143. The smallest absolute Gasteiger partial charge is 0.143 e. The molecule has 0 amide bonds. The lowest BCUT2D eigenvalue weighted by atomic mass is 10.2. The van der Waals surface area contributed by atoms with Crippen molar-refractivity contribution >= 4 is 32.9 Å². The molecule has 0 unspecified atom stereocenters. The van der Waals surface area contributed by atoms with Crippen LogP contribution in [0.15, 0.2) is 13.4 Å². The molecule has 0 fully saturated rings. The van der Waals surface area contributed by atoms with Gasteiger partial charge in [0.15, 0.2) is 0 Å². The van der Waals surface area contributed by atoms with E-state index < -0.39 is 0 Å². The fourth-order valence-electron chi connectivity index (χ4n) is 0.967. The molecule has 10 heavy (non-hydrogen) atoms. The lowest BCUT2D eigenvalue weighted by Gasteiger charge is -1.95. The summed E-state index contributed by atoms with van der Waals surface area (Å²) in [5, 5.41) is 0. The molecule has 0 aliphatic carbocycles. The van der Waals surface area contributed by atoms with Gasteiger partial charge in [-0.1, -0.05) is 0 Å². The minimum absolute atomic E-state index is 0.0477. The molecule has 0 atom stereocenters. The molecule has 1 aromatic rings. The average molecular weight is 246 g/mol. The van der Waals surface area contributed by atoms with Crippen LogP contribution < -0.4 is 0 Å². The molecule has 2 heterocycles. The zero-order valence-electron chi connectivity index (χ0n) is 5.56. The summed E-state index contributed by atoms with van der Waals surface area (Å²) in [5.74, 6) is 1.08. The molecule has 2 nitrogen and oxygen atoms in total. The fourth-order valence-corrected chi connectivity index (χ4v) is 2.33. The number of nitrogens with one attached hydrogen (secondary N) is 1. The van der Waals surface area contributed by atoms with E-state index in [1.165, 1.54) is 11.1 Å². The number of hydrogen-bond acceptors (Lipinski definition) is 1. The van der Waals surface area contributed by atoms with Gasteiger partial charge in [-0.2, -0.15) is 0 Å². The molecule has 1 aliphatic rings. The Balaban J connectivity index is 2.69. The molecule has 2 rings (SSSR count). The second kappa shape index (κ2) is 2.30. The highest BCUT2D eigenvalue weighted by molar-refractivity contribution is 14.2. The van der Waals surface area contributed by atoms with Crippen LogP contribution in [0.25, 0.3) is 6.08 Å². The van der Waals surface area contributed by atoms with Crippen LogP contribution in [0.3, 0.4) is 0 Å². The monoisotopic (exact) mass is 246 g/mol. The molecule has 0 aromatic carbocycles. The standard InChI is InChI=1S/C7H7IN2/c1-5-4-9-7-6(5)2-3-8-10-7/h2-4H,1H3,(H,9,10). The lowest BCUT2D eigenvalue weighted by Crippen LogP contribution is -1.71. The predicted molar refractivity (Wildman–Crippen MR) is 50.7 cm³/mol. The first-order valence-electron chi connectivity index (χ1n) is 3.06. The Morgan fingerprint density at radius 2 is 2.50 bits per heavy atom. The molecule has 52 valence electrons. The van der Waals surface area contributed by atoms with Crippen molar-refractivity contribution in [1.82, 2.24) is 4.98 Å². The molecule has 0 spiro atoms. The van der Waals surface area contributed by atoms with E-state index in [0.29, 0.717) is 0 Å². The Labute approximate surface area is 69.5 Å². The largest absolute Gasteiger partial charge is 0.346 e. The molecular weight excluding hydrogens is 239 g/mol. The summed E-state index contributed by atoms with van der Waals surface area (Å²) in [4.78, 5) is 3.14. The van der Waals surface area contributed by atoms with Crippen LogP contribution in [0.2, 0.25) is 0 Å². The van der Waals surface area contributed by atoms with Gasteiger partial charge in [0, 0.05) is 32.8 Å². The van der Waals surface area contributed by atoms with Crippen LogP contribution in [0.1, 0.15) is 11.1 Å². The molecule has 0 saturated carbocycles. The van der Waals surface area contributed by atoms with Crippen LogP contribution in [0, 0.1) is 6.92 Å². The summed E-state index contributed by atoms with van der Waals surface area (Å²) in [6.07, 6.45) is 4.18. The number of aromatic nitrogens is 1. The van der Waals surface area contributed by atoms with E-state index in [4.69, 9.17) is 0 Å². The maximum Gasteiger partial charge on any atom is 0.143 e. The van der Waals surface area contributed by atoms with E-state index in [-0.39, 0.29) is 21.0 Å². The first kappa shape index (κ1) is 6.27. The minimum Gasteiger partial charge on any atom is -0.346 e. The van der Waals surface area contributed by atoms with Gasteiger partial charge in [-0.05, 0) is 22.6 Å². The van der Waals surface area contributed by atoms with Crippen LogP contribution in [-0.4, -0.2) is 4.98 Å². The predicted octanol–water partition coefficient (Wildman–Crippen LogP) is 3.09. The second-order valence-corrected chi connectivity index (χ2v) is 3.97. The number of aromatic amines is 1. The zero-order chi connectivity index (χ0) is 6.97. The van der Waals surface area contributed by atoms with E-state index >= 15 is 0 Å². The highest BCUT2D eigenvalue weighted by Crippen LogP contribution is 2.30. The molecule has 3 heteroatoms. The SMILES string of the molecule is Cc1c[nH]c2c1C=CI=N2. The van der Waals surface area contributed by atoms with Crippen LogP contribution in [0.5, 0.6) is 0 Å². The molecule has 0 saturated heterocycles. The van der Waals surface area contributed by atoms with Crippen molar-refractivity contribution in [2.75, 3.05) is 0 Å². The van der Waals surface area contributed by atoms with Crippen LogP contribution in [0.4, 0.5) is 5.82 Å². The molecule has 1 N–H and O–H groups in total. The van der Waals surface area contributed by atoms with Crippen molar-refractivity contribution in [3.63, 3.8) is 0 Å². The number of fused-ring (bicyclic) bond motifs is 1. The molecule has 1 aliphatic heterocycles. The first-order valence-corrected chi connectivity index (χ1v) is 5.27. The van der Waals surface area contributed by atoms with Crippen molar-refractivity contribution in [2.24, 2.45) is 3.15 Å². The van der Waals surface area contributed by atoms with Crippen LogP contribution in [-0.2, 0) is 0 Å². The number of nitrogens with zero attached hydrogens (tertiary/aromatic N) is 1. The Morgan fingerprint density at radius 1 is 1.60 bits per heavy atom. The van der Waals surface area contributed by atoms with Gasteiger partial charge in [0.25, 0.3) is 0 Å². The van der Waals surface area contributed by atoms with E-state index in [1.807, 2.05) is 6.20 Å². The Hall–Kier alpha value is -0.450.